The van der Waals surface area contributed by atoms with Gasteiger partial charge < -0.3 is 4.74 Å². The first-order chi connectivity index (χ1) is 11.7. The maximum atomic E-state index is 11.9. The van der Waals surface area contributed by atoms with Crippen LogP contribution in [0.15, 0.2) is 39.1 Å². The van der Waals surface area contributed by atoms with Crippen molar-refractivity contribution in [2.45, 2.75) is 42.0 Å². The van der Waals surface area contributed by atoms with Gasteiger partial charge in [0.2, 0.25) is 0 Å². The number of hydrogen-bond donors (Lipinski definition) is 1. The molecule has 8 heteroatoms. The van der Waals surface area contributed by atoms with E-state index in [9.17, 15) is 4.79 Å². The highest BCUT2D eigenvalue weighted by atomic mass is 35.5. The third-order valence-electron chi connectivity index (χ3n) is 3.75. The molecule has 2 heterocycles. The lowest BCUT2D eigenvalue weighted by Crippen LogP contribution is -2.25. The van der Waals surface area contributed by atoms with Crippen molar-refractivity contribution >= 4 is 35.1 Å². The first kappa shape index (κ1) is 17.9. The number of halogens is 1. The van der Waals surface area contributed by atoms with Gasteiger partial charge in [-0.05, 0) is 37.1 Å². The number of H-pyrrole nitrogens is 1. The lowest BCUT2D eigenvalue weighted by atomic mass is 10.2. The Kier molecular flexibility index (Phi) is 6.71. The topological polar surface area (TPSA) is 59.9 Å². The van der Waals surface area contributed by atoms with Gasteiger partial charge in [0.1, 0.15) is 0 Å². The largest absolute Gasteiger partial charge is 0.376 e. The van der Waals surface area contributed by atoms with Gasteiger partial charge in [-0.15, -0.1) is 16.9 Å². The summed E-state index contributed by atoms with van der Waals surface area (Å²) < 4.78 is 7.31. The molecule has 0 aliphatic carbocycles. The van der Waals surface area contributed by atoms with E-state index in [1.54, 1.807) is 28.1 Å². The number of aromatic amines is 1. The van der Waals surface area contributed by atoms with Crippen molar-refractivity contribution in [1.29, 1.82) is 0 Å². The Morgan fingerprint density at radius 3 is 2.96 bits per heavy atom. The van der Waals surface area contributed by atoms with E-state index in [1.807, 2.05) is 24.3 Å². The third kappa shape index (κ3) is 4.81. The fraction of sp³-hybridized carbons (Fsp3) is 0.500. The van der Waals surface area contributed by atoms with Crippen molar-refractivity contribution in [3.8, 4) is 0 Å². The van der Waals surface area contributed by atoms with Gasteiger partial charge in [-0.3, -0.25) is 4.57 Å². The Balaban J connectivity index is 1.45. The summed E-state index contributed by atoms with van der Waals surface area (Å²) in [6.07, 6.45) is 3.23. The number of hydrogen-bond acceptors (Lipinski definition) is 5. The van der Waals surface area contributed by atoms with E-state index in [-0.39, 0.29) is 11.8 Å². The van der Waals surface area contributed by atoms with E-state index < -0.39 is 0 Å². The Labute approximate surface area is 154 Å². The molecule has 0 bridgehead atoms. The van der Waals surface area contributed by atoms with Crippen LogP contribution in [0.1, 0.15) is 19.3 Å². The molecule has 1 fully saturated rings. The highest BCUT2D eigenvalue weighted by Gasteiger charge is 2.19. The Hall–Kier alpha value is -0.890. The summed E-state index contributed by atoms with van der Waals surface area (Å²) in [5, 5.41) is 8.22. The zero-order valence-electron chi connectivity index (χ0n) is 13.2. The summed E-state index contributed by atoms with van der Waals surface area (Å²) in [6.45, 7) is 1.38. The SMILES string of the molecule is O=c1[nH]nc(SCCCSc2ccccc2Cl)n1C[C@@H]1CCCO1. The van der Waals surface area contributed by atoms with Gasteiger partial charge in [-0.25, -0.2) is 9.89 Å². The Bertz CT molecular complexity index is 713. The molecule has 0 saturated carbocycles. The maximum absolute atomic E-state index is 11.9. The molecule has 1 saturated heterocycles. The molecule has 0 radical (unpaired) electrons. The van der Waals surface area contributed by atoms with Gasteiger partial charge in [0.25, 0.3) is 0 Å². The molecular weight excluding hydrogens is 366 g/mol. The zero-order chi connectivity index (χ0) is 16.8. The van der Waals surface area contributed by atoms with Crippen LogP contribution in [0.2, 0.25) is 5.02 Å². The number of benzene rings is 1. The van der Waals surface area contributed by atoms with Crippen LogP contribution >= 0.6 is 35.1 Å². The molecular formula is C16H20ClN3O2S2. The van der Waals surface area contributed by atoms with Crippen LogP contribution in [0.3, 0.4) is 0 Å². The lowest BCUT2D eigenvalue weighted by molar-refractivity contribution is 0.0941. The van der Waals surface area contributed by atoms with Gasteiger partial charge in [0.05, 0.1) is 17.7 Å². The van der Waals surface area contributed by atoms with E-state index in [1.165, 1.54) is 0 Å². The molecule has 1 aliphatic heterocycles. The minimum absolute atomic E-state index is 0.135. The number of nitrogens with one attached hydrogen (secondary N) is 1. The minimum Gasteiger partial charge on any atom is -0.376 e. The number of aromatic nitrogens is 3. The molecule has 1 N–H and O–H groups in total. The molecule has 0 unspecified atom stereocenters. The van der Waals surface area contributed by atoms with E-state index in [0.29, 0.717) is 6.54 Å². The van der Waals surface area contributed by atoms with Crippen molar-refractivity contribution in [2.24, 2.45) is 0 Å². The Morgan fingerprint density at radius 2 is 2.17 bits per heavy atom. The van der Waals surface area contributed by atoms with Crippen LogP contribution in [0, 0.1) is 0 Å². The van der Waals surface area contributed by atoms with E-state index in [4.69, 9.17) is 16.3 Å². The maximum Gasteiger partial charge on any atom is 0.344 e. The third-order valence-corrected chi connectivity index (χ3v) is 6.41. The van der Waals surface area contributed by atoms with Gasteiger partial charge in [-0.2, -0.15) is 0 Å². The highest BCUT2D eigenvalue weighted by Crippen LogP contribution is 2.27. The molecule has 1 aliphatic rings. The van der Waals surface area contributed by atoms with Crippen molar-refractivity contribution in [3.05, 3.63) is 39.8 Å². The zero-order valence-corrected chi connectivity index (χ0v) is 15.6. The van der Waals surface area contributed by atoms with Crippen LogP contribution < -0.4 is 5.69 Å². The average Bonchev–Trinajstić information content (AvgIpc) is 3.21. The molecule has 5 nitrogen and oxygen atoms in total. The summed E-state index contributed by atoms with van der Waals surface area (Å²) in [5.41, 5.74) is -0.154. The summed E-state index contributed by atoms with van der Waals surface area (Å²) in [6, 6.07) is 7.88. The van der Waals surface area contributed by atoms with Crippen molar-refractivity contribution in [1.82, 2.24) is 14.8 Å². The number of ether oxygens (including phenoxy) is 1. The van der Waals surface area contributed by atoms with Gasteiger partial charge >= 0.3 is 5.69 Å². The van der Waals surface area contributed by atoms with Crippen LogP contribution in [0.25, 0.3) is 0 Å². The summed E-state index contributed by atoms with van der Waals surface area (Å²) in [5.74, 6) is 1.89. The molecule has 2 aromatic rings. The average molecular weight is 386 g/mol. The lowest BCUT2D eigenvalue weighted by Gasteiger charge is -2.10. The molecule has 1 aromatic carbocycles. The number of rotatable bonds is 8. The Morgan fingerprint density at radius 1 is 1.33 bits per heavy atom. The predicted molar refractivity (Wildman–Crippen MR) is 99.3 cm³/mol. The van der Waals surface area contributed by atoms with E-state index in [2.05, 4.69) is 10.2 Å². The quantitative estimate of drug-likeness (QED) is 0.554. The summed E-state index contributed by atoms with van der Waals surface area (Å²) in [4.78, 5) is 13.0. The fourth-order valence-electron chi connectivity index (χ4n) is 2.53. The first-order valence-electron chi connectivity index (χ1n) is 8.01. The molecule has 24 heavy (non-hydrogen) atoms. The minimum atomic E-state index is -0.154. The fourth-order valence-corrected chi connectivity index (χ4v) is 4.80. The van der Waals surface area contributed by atoms with Gasteiger partial charge in [0.15, 0.2) is 5.16 Å². The standard InChI is InChI=1S/C16H20ClN3O2S2/c17-13-6-1-2-7-14(13)23-9-4-10-24-16-19-18-15(21)20(16)11-12-5-3-8-22-12/h1-2,6-7,12H,3-5,8-11H2,(H,18,21)/t12-/m0/s1. The second kappa shape index (κ2) is 8.99. The van der Waals surface area contributed by atoms with Gasteiger partial charge in [0, 0.05) is 17.3 Å². The van der Waals surface area contributed by atoms with Crippen LogP contribution in [0.5, 0.6) is 0 Å². The summed E-state index contributed by atoms with van der Waals surface area (Å²) in [7, 11) is 0. The second-order valence-electron chi connectivity index (χ2n) is 5.54. The van der Waals surface area contributed by atoms with Crippen molar-refractivity contribution in [3.63, 3.8) is 0 Å². The molecule has 0 spiro atoms. The smallest absolute Gasteiger partial charge is 0.344 e. The molecule has 0 amide bonds. The molecule has 130 valence electrons. The number of thioether (sulfide) groups is 2. The molecule has 1 aromatic heterocycles. The first-order valence-corrected chi connectivity index (χ1v) is 10.4. The van der Waals surface area contributed by atoms with Crippen molar-refractivity contribution in [2.75, 3.05) is 18.1 Å². The van der Waals surface area contributed by atoms with Crippen molar-refractivity contribution < 1.29 is 4.74 Å². The van der Waals surface area contributed by atoms with Gasteiger partial charge in [-0.1, -0.05) is 35.5 Å². The van der Waals surface area contributed by atoms with Crippen LogP contribution in [-0.4, -0.2) is 39.0 Å². The van der Waals surface area contributed by atoms with E-state index >= 15 is 0 Å². The monoisotopic (exact) mass is 385 g/mol. The summed E-state index contributed by atoms with van der Waals surface area (Å²) >= 11 is 9.51. The van der Waals surface area contributed by atoms with Crippen LogP contribution in [0.4, 0.5) is 0 Å². The van der Waals surface area contributed by atoms with Crippen LogP contribution in [-0.2, 0) is 11.3 Å². The van der Waals surface area contributed by atoms with E-state index in [0.717, 1.165) is 52.4 Å². The highest BCUT2D eigenvalue weighted by molar-refractivity contribution is 8.00. The molecule has 1 atom stereocenters. The second-order valence-corrected chi connectivity index (χ2v) is 8.14. The normalized spacial score (nSPS) is 17.5. The predicted octanol–water partition coefficient (Wildman–Crippen LogP) is 3.68. The number of nitrogens with zero attached hydrogens (tertiary/aromatic N) is 2. The molecule has 3 rings (SSSR count).